The van der Waals surface area contributed by atoms with Crippen LogP contribution in [0.5, 0.6) is 11.8 Å². The van der Waals surface area contributed by atoms with Crippen molar-refractivity contribution < 1.29 is 10.2 Å². The van der Waals surface area contributed by atoms with Gasteiger partial charge in [0.25, 0.3) is 0 Å². The summed E-state index contributed by atoms with van der Waals surface area (Å²) >= 11 is 6.26. The normalized spacial score (nSPS) is 15.2. The minimum atomic E-state index is -0.122. The van der Waals surface area contributed by atoms with Crippen molar-refractivity contribution in [1.29, 1.82) is 0 Å². The summed E-state index contributed by atoms with van der Waals surface area (Å²) in [5, 5.41) is 28.6. The second-order valence-corrected chi connectivity index (χ2v) is 7.65. The van der Waals surface area contributed by atoms with Gasteiger partial charge in [-0.25, -0.2) is 4.98 Å². The molecule has 1 aromatic carbocycles. The van der Waals surface area contributed by atoms with E-state index in [0.29, 0.717) is 45.3 Å². The molecule has 8 nitrogen and oxygen atoms in total. The van der Waals surface area contributed by atoms with Gasteiger partial charge < -0.3 is 15.5 Å². The molecule has 0 atom stereocenters. The van der Waals surface area contributed by atoms with Crippen LogP contribution in [-0.4, -0.2) is 35.8 Å². The summed E-state index contributed by atoms with van der Waals surface area (Å²) in [5.74, 6) is 0.413. The van der Waals surface area contributed by atoms with E-state index in [-0.39, 0.29) is 11.8 Å². The first-order valence-corrected chi connectivity index (χ1v) is 9.97. The van der Waals surface area contributed by atoms with Crippen LogP contribution in [0.4, 0.5) is 5.82 Å². The Morgan fingerprint density at radius 1 is 1.27 bits per heavy atom. The first-order valence-electron chi connectivity index (χ1n) is 9.59. The van der Waals surface area contributed by atoms with Crippen LogP contribution in [-0.2, 0) is 6.54 Å². The second kappa shape index (κ2) is 7.38. The monoisotopic (exact) mass is 422 g/mol. The fraction of sp³-hybridized carbons (Fsp3) is 0.190. The van der Waals surface area contributed by atoms with Crippen LogP contribution in [0.3, 0.4) is 0 Å². The highest BCUT2D eigenvalue weighted by atomic mass is 35.5. The Kier molecular flexibility index (Phi) is 4.55. The Bertz CT molecular complexity index is 1360. The zero-order chi connectivity index (χ0) is 20.7. The summed E-state index contributed by atoms with van der Waals surface area (Å²) in [5.41, 5.74) is 2.72. The molecular weight excluding hydrogens is 404 g/mol. The standard InChI is InChI=1S/C21H19ClN6O2/c22-16-4-2-1-3-12(16)10-23-17-9-18(25-15-5-6-15)28-20(26-17)14(11-24-28)7-13-8-19(29)27-21(13)30/h1-4,7-9,11,15,23,27,29-30H,5-6,10H2. The van der Waals surface area contributed by atoms with E-state index in [1.54, 1.807) is 16.8 Å². The zero-order valence-corrected chi connectivity index (χ0v) is 16.6. The van der Waals surface area contributed by atoms with Crippen molar-refractivity contribution in [2.24, 2.45) is 4.99 Å². The van der Waals surface area contributed by atoms with Gasteiger partial charge in [0.15, 0.2) is 22.9 Å². The number of aromatic amines is 1. The number of nitrogens with zero attached hydrogens (tertiary/aromatic N) is 4. The molecule has 1 aliphatic rings. The number of aromatic nitrogens is 4. The van der Waals surface area contributed by atoms with Crippen LogP contribution in [0.1, 0.15) is 24.0 Å². The van der Waals surface area contributed by atoms with Gasteiger partial charge in [-0.2, -0.15) is 9.61 Å². The molecular formula is C21H19ClN6O2. The zero-order valence-electron chi connectivity index (χ0n) is 15.9. The molecule has 30 heavy (non-hydrogen) atoms. The number of nitrogens with one attached hydrogen (secondary N) is 2. The van der Waals surface area contributed by atoms with E-state index in [1.165, 1.54) is 6.07 Å². The van der Waals surface area contributed by atoms with E-state index >= 15 is 0 Å². The predicted octanol–water partition coefficient (Wildman–Crippen LogP) is 2.34. The summed E-state index contributed by atoms with van der Waals surface area (Å²) in [6, 6.07) is 11.3. The Morgan fingerprint density at radius 2 is 2.10 bits per heavy atom. The van der Waals surface area contributed by atoms with Crippen molar-refractivity contribution in [1.82, 2.24) is 19.6 Å². The molecule has 4 N–H and O–H groups in total. The van der Waals surface area contributed by atoms with Crippen molar-refractivity contribution in [2.45, 2.75) is 25.4 Å². The second-order valence-electron chi connectivity index (χ2n) is 7.24. The molecule has 9 heteroatoms. The summed E-state index contributed by atoms with van der Waals surface area (Å²) in [7, 11) is 0. The van der Waals surface area contributed by atoms with Gasteiger partial charge in [0.1, 0.15) is 5.82 Å². The van der Waals surface area contributed by atoms with Gasteiger partial charge in [-0.1, -0.05) is 29.8 Å². The number of H-pyrrole nitrogens is 1. The summed E-state index contributed by atoms with van der Waals surface area (Å²) in [6.45, 7) is 0.519. The number of rotatable bonds is 5. The quantitative estimate of drug-likeness (QED) is 0.394. The van der Waals surface area contributed by atoms with E-state index in [1.807, 2.05) is 30.3 Å². The van der Waals surface area contributed by atoms with E-state index in [4.69, 9.17) is 21.6 Å². The van der Waals surface area contributed by atoms with Gasteiger partial charge in [0.2, 0.25) is 0 Å². The maximum atomic E-state index is 9.94. The Balaban J connectivity index is 1.59. The molecule has 0 spiro atoms. The van der Waals surface area contributed by atoms with Crippen LogP contribution >= 0.6 is 11.6 Å². The minimum Gasteiger partial charge on any atom is -0.494 e. The third kappa shape index (κ3) is 3.69. The highest BCUT2D eigenvalue weighted by Gasteiger charge is 2.20. The highest BCUT2D eigenvalue weighted by molar-refractivity contribution is 6.31. The van der Waals surface area contributed by atoms with E-state index in [2.05, 4.69) is 15.4 Å². The molecule has 0 unspecified atom stereocenters. The Labute approximate surface area is 176 Å². The maximum absolute atomic E-state index is 9.94. The van der Waals surface area contributed by atoms with Gasteiger partial charge >= 0.3 is 0 Å². The van der Waals surface area contributed by atoms with Crippen LogP contribution in [0.2, 0.25) is 5.02 Å². The lowest BCUT2D eigenvalue weighted by Gasteiger charge is -2.08. The van der Waals surface area contributed by atoms with Crippen molar-refractivity contribution in [3.63, 3.8) is 0 Å². The first kappa shape index (κ1) is 18.5. The molecule has 1 aliphatic carbocycles. The molecule has 1 fully saturated rings. The van der Waals surface area contributed by atoms with Gasteiger partial charge in [0.05, 0.1) is 12.2 Å². The van der Waals surface area contributed by atoms with Gasteiger partial charge in [-0.15, -0.1) is 0 Å². The smallest absolute Gasteiger partial charge is 0.198 e. The molecule has 0 aliphatic heterocycles. The van der Waals surface area contributed by atoms with E-state index in [9.17, 15) is 10.2 Å². The molecule has 1 saturated carbocycles. The van der Waals surface area contributed by atoms with Crippen molar-refractivity contribution >= 4 is 29.1 Å². The summed E-state index contributed by atoms with van der Waals surface area (Å²) in [4.78, 5) is 11.9. The summed E-state index contributed by atoms with van der Waals surface area (Å²) < 4.78 is 1.69. The molecule has 0 amide bonds. The largest absolute Gasteiger partial charge is 0.494 e. The Morgan fingerprint density at radius 3 is 2.83 bits per heavy atom. The van der Waals surface area contributed by atoms with Crippen LogP contribution in [0.25, 0.3) is 11.7 Å². The molecule has 4 aromatic rings. The van der Waals surface area contributed by atoms with Crippen LogP contribution in [0.15, 0.2) is 47.6 Å². The first-order chi connectivity index (χ1) is 14.6. The SMILES string of the molecule is Oc1cc(C=c2cnn3c(=NC4CC4)cc(NCc4ccccc4Cl)nc23)c(O)[nH]1. The van der Waals surface area contributed by atoms with Crippen molar-refractivity contribution in [2.75, 3.05) is 5.32 Å². The number of aromatic hydroxyl groups is 2. The number of benzene rings is 1. The number of halogens is 1. The lowest BCUT2D eigenvalue weighted by atomic mass is 10.2. The van der Waals surface area contributed by atoms with E-state index < -0.39 is 0 Å². The molecule has 3 heterocycles. The minimum absolute atomic E-state index is 0.116. The number of hydrogen-bond acceptors (Lipinski definition) is 6. The topological polar surface area (TPSA) is 111 Å². The molecule has 5 rings (SSSR count). The maximum Gasteiger partial charge on any atom is 0.198 e. The molecule has 0 bridgehead atoms. The van der Waals surface area contributed by atoms with Crippen LogP contribution in [0, 0.1) is 0 Å². The lowest BCUT2D eigenvalue weighted by molar-refractivity contribution is 0.425. The number of anilines is 1. The van der Waals surface area contributed by atoms with Crippen molar-refractivity contribution in [3.8, 4) is 11.8 Å². The van der Waals surface area contributed by atoms with Crippen molar-refractivity contribution in [3.05, 3.63) is 69.5 Å². The number of fused-ring (bicyclic) bond motifs is 1. The average Bonchev–Trinajstić information content (AvgIpc) is 3.36. The van der Waals surface area contributed by atoms with Gasteiger partial charge in [-0.3, -0.25) is 9.98 Å². The van der Waals surface area contributed by atoms with Crippen LogP contribution < -0.4 is 16.0 Å². The summed E-state index contributed by atoms with van der Waals surface area (Å²) in [6.07, 6.45) is 5.52. The fourth-order valence-electron chi connectivity index (χ4n) is 3.19. The third-order valence-corrected chi connectivity index (χ3v) is 5.25. The lowest BCUT2D eigenvalue weighted by Crippen LogP contribution is -2.20. The molecule has 152 valence electrons. The molecule has 3 aromatic heterocycles. The van der Waals surface area contributed by atoms with E-state index in [0.717, 1.165) is 18.4 Å². The molecule has 0 saturated heterocycles. The molecule has 0 radical (unpaired) electrons. The van der Waals surface area contributed by atoms with Gasteiger partial charge in [-0.05, 0) is 30.5 Å². The Hall–Kier alpha value is -3.52. The highest BCUT2D eigenvalue weighted by Crippen LogP contribution is 2.23. The van der Waals surface area contributed by atoms with Gasteiger partial charge in [0, 0.05) is 34.5 Å². The third-order valence-electron chi connectivity index (χ3n) is 4.88. The average molecular weight is 423 g/mol. The predicted molar refractivity (Wildman–Crippen MR) is 113 cm³/mol. The number of hydrogen-bond donors (Lipinski definition) is 4. The fourth-order valence-corrected chi connectivity index (χ4v) is 3.39.